The largest absolute Gasteiger partial charge is 0.573 e. The molecule has 0 spiro atoms. The Bertz CT molecular complexity index is 505. The van der Waals surface area contributed by atoms with Gasteiger partial charge in [0.1, 0.15) is 11.5 Å². The summed E-state index contributed by atoms with van der Waals surface area (Å²) in [4.78, 5) is 11.7. The first-order chi connectivity index (χ1) is 10.6. The Morgan fingerprint density at radius 3 is 2.30 bits per heavy atom. The number of nitrogens with one attached hydrogen (secondary N) is 1. The highest BCUT2D eigenvalue weighted by molar-refractivity contribution is 6.32. The smallest absolute Gasteiger partial charge is 0.404 e. The van der Waals surface area contributed by atoms with Crippen molar-refractivity contribution in [1.29, 1.82) is 0 Å². The maximum Gasteiger partial charge on any atom is 0.573 e. The number of rotatable bonds is 6. The average molecular weight is 354 g/mol. The van der Waals surface area contributed by atoms with Crippen molar-refractivity contribution in [2.24, 2.45) is 0 Å². The number of benzene rings is 1. The van der Waals surface area contributed by atoms with Crippen molar-refractivity contribution in [2.45, 2.75) is 52.9 Å². The van der Waals surface area contributed by atoms with Gasteiger partial charge in [0.05, 0.1) is 10.9 Å². The molecule has 1 unspecified atom stereocenters. The van der Waals surface area contributed by atoms with Crippen LogP contribution in [0.5, 0.6) is 5.75 Å². The standard InChI is InChI=1S/C14H17ClF3NO2.C2H6/c1-8(2)19-7-11(9(3)20)10-4-5-12(15)13(6-10)21-14(16,17)18;1-2/h4-6,8,11,19H,7H2,1-3H3;1-2H3. The highest BCUT2D eigenvalue weighted by atomic mass is 35.5. The van der Waals surface area contributed by atoms with E-state index in [4.69, 9.17) is 11.6 Å². The number of ketones is 1. The molecule has 23 heavy (non-hydrogen) atoms. The van der Waals surface area contributed by atoms with Crippen LogP contribution in [0.25, 0.3) is 0 Å². The van der Waals surface area contributed by atoms with E-state index in [1.807, 2.05) is 27.7 Å². The van der Waals surface area contributed by atoms with Gasteiger partial charge in [-0.2, -0.15) is 0 Å². The fourth-order valence-corrected chi connectivity index (χ4v) is 1.95. The Morgan fingerprint density at radius 1 is 1.30 bits per heavy atom. The minimum Gasteiger partial charge on any atom is -0.404 e. The van der Waals surface area contributed by atoms with Gasteiger partial charge in [0.15, 0.2) is 0 Å². The van der Waals surface area contributed by atoms with Crippen LogP contribution < -0.4 is 10.1 Å². The summed E-state index contributed by atoms with van der Waals surface area (Å²) < 4.78 is 40.8. The quantitative estimate of drug-likeness (QED) is 0.787. The molecule has 0 amide bonds. The fourth-order valence-electron chi connectivity index (χ4n) is 1.79. The summed E-state index contributed by atoms with van der Waals surface area (Å²) >= 11 is 5.69. The second-order valence-corrected chi connectivity index (χ2v) is 5.37. The van der Waals surface area contributed by atoms with E-state index in [1.165, 1.54) is 19.1 Å². The maximum absolute atomic E-state index is 12.3. The molecule has 0 aliphatic rings. The summed E-state index contributed by atoms with van der Waals surface area (Å²) in [5.74, 6) is -1.21. The minimum atomic E-state index is -4.83. The molecule has 0 aliphatic carbocycles. The lowest BCUT2D eigenvalue weighted by molar-refractivity contribution is -0.274. The Labute approximate surface area is 140 Å². The van der Waals surface area contributed by atoms with E-state index in [-0.39, 0.29) is 16.8 Å². The lowest BCUT2D eigenvalue weighted by Gasteiger charge is -2.19. The highest BCUT2D eigenvalue weighted by Crippen LogP contribution is 2.33. The third-order valence-corrected chi connectivity index (χ3v) is 3.12. The predicted molar refractivity (Wildman–Crippen MR) is 86.0 cm³/mol. The van der Waals surface area contributed by atoms with E-state index in [9.17, 15) is 18.0 Å². The Hall–Kier alpha value is -1.27. The van der Waals surface area contributed by atoms with Gasteiger partial charge in [-0.3, -0.25) is 4.79 Å². The summed E-state index contributed by atoms with van der Waals surface area (Å²) in [7, 11) is 0. The molecule has 0 aromatic heterocycles. The molecule has 0 aliphatic heterocycles. The van der Waals surface area contributed by atoms with E-state index in [0.29, 0.717) is 12.1 Å². The molecule has 1 aromatic rings. The van der Waals surface area contributed by atoms with Gasteiger partial charge < -0.3 is 10.1 Å². The van der Waals surface area contributed by atoms with Crippen molar-refractivity contribution in [2.75, 3.05) is 6.54 Å². The van der Waals surface area contributed by atoms with Gasteiger partial charge in [-0.25, -0.2) is 0 Å². The van der Waals surface area contributed by atoms with Crippen LogP contribution in [0, 0.1) is 0 Å². The molecule has 0 saturated heterocycles. The van der Waals surface area contributed by atoms with Crippen LogP contribution in [-0.2, 0) is 4.79 Å². The second kappa shape index (κ2) is 9.78. The van der Waals surface area contributed by atoms with E-state index >= 15 is 0 Å². The normalized spacial score (nSPS) is 12.4. The van der Waals surface area contributed by atoms with Crippen molar-refractivity contribution in [3.8, 4) is 5.75 Å². The number of carbonyl (C=O) groups is 1. The fraction of sp³-hybridized carbons (Fsp3) is 0.562. The molecule has 3 nitrogen and oxygen atoms in total. The third-order valence-electron chi connectivity index (χ3n) is 2.80. The molecule has 132 valence electrons. The van der Waals surface area contributed by atoms with Crippen LogP contribution >= 0.6 is 11.6 Å². The van der Waals surface area contributed by atoms with Gasteiger partial charge in [0.25, 0.3) is 0 Å². The Morgan fingerprint density at radius 2 is 1.87 bits per heavy atom. The molecule has 0 saturated carbocycles. The topological polar surface area (TPSA) is 38.3 Å². The molecular formula is C16H23ClF3NO2. The van der Waals surface area contributed by atoms with Gasteiger partial charge in [-0.1, -0.05) is 45.4 Å². The van der Waals surface area contributed by atoms with Crippen molar-refractivity contribution in [3.63, 3.8) is 0 Å². The summed E-state index contributed by atoms with van der Waals surface area (Å²) in [6, 6.07) is 4.14. The lowest BCUT2D eigenvalue weighted by atomic mass is 9.95. The molecule has 0 heterocycles. The van der Waals surface area contributed by atoms with Crippen LogP contribution in [0.1, 0.15) is 46.1 Å². The molecule has 1 atom stereocenters. The second-order valence-electron chi connectivity index (χ2n) is 4.96. The molecule has 1 rings (SSSR count). The van der Waals surface area contributed by atoms with Gasteiger partial charge in [-0.05, 0) is 24.6 Å². The zero-order chi connectivity index (χ0) is 18.2. The van der Waals surface area contributed by atoms with Gasteiger partial charge in [0.2, 0.25) is 0 Å². The van der Waals surface area contributed by atoms with Gasteiger partial charge >= 0.3 is 6.36 Å². The monoisotopic (exact) mass is 353 g/mol. The number of Topliss-reactive ketones (excluding diaryl/α,β-unsaturated/α-hetero) is 1. The molecule has 0 radical (unpaired) electrons. The molecule has 1 aromatic carbocycles. The van der Waals surface area contributed by atoms with Crippen LogP contribution in [0.3, 0.4) is 0 Å². The van der Waals surface area contributed by atoms with Crippen LogP contribution in [-0.4, -0.2) is 24.7 Å². The molecule has 7 heteroatoms. The third kappa shape index (κ3) is 8.23. The van der Waals surface area contributed by atoms with Crippen LogP contribution in [0.4, 0.5) is 13.2 Å². The Kier molecular flexibility index (Phi) is 9.24. The number of hydrogen-bond acceptors (Lipinski definition) is 3. The van der Waals surface area contributed by atoms with E-state index in [2.05, 4.69) is 10.1 Å². The SMILES string of the molecule is CC.CC(=O)C(CNC(C)C)c1ccc(Cl)c(OC(F)(F)F)c1. The summed E-state index contributed by atoms with van der Waals surface area (Å²) in [5.41, 5.74) is 0.430. The predicted octanol–water partition coefficient (Wildman–Crippen LogP) is 4.94. The summed E-state index contributed by atoms with van der Waals surface area (Å²) in [6.07, 6.45) is -4.83. The van der Waals surface area contributed by atoms with Gasteiger partial charge in [-0.15, -0.1) is 13.2 Å². The summed E-state index contributed by atoms with van der Waals surface area (Å²) in [5, 5.41) is 2.93. The minimum absolute atomic E-state index is 0.150. The van der Waals surface area contributed by atoms with E-state index in [0.717, 1.165) is 6.07 Å². The molecular weight excluding hydrogens is 331 g/mol. The zero-order valence-corrected chi connectivity index (χ0v) is 14.7. The first kappa shape index (κ1) is 21.7. The number of ether oxygens (including phenoxy) is 1. The Balaban J connectivity index is 0.00000232. The maximum atomic E-state index is 12.3. The zero-order valence-electron chi connectivity index (χ0n) is 13.9. The van der Waals surface area contributed by atoms with Crippen molar-refractivity contribution < 1.29 is 22.7 Å². The van der Waals surface area contributed by atoms with Gasteiger partial charge in [0, 0.05) is 12.6 Å². The van der Waals surface area contributed by atoms with E-state index in [1.54, 1.807) is 0 Å². The first-order valence-corrected chi connectivity index (χ1v) is 7.77. The molecule has 0 bridgehead atoms. The van der Waals surface area contributed by atoms with Crippen LogP contribution in [0.15, 0.2) is 18.2 Å². The molecule has 0 fully saturated rings. The van der Waals surface area contributed by atoms with Crippen molar-refractivity contribution in [3.05, 3.63) is 28.8 Å². The van der Waals surface area contributed by atoms with Crippen molar-refractivity contribution >= 4 is 17.4 Å². The summed E-state index contributed by atoms with van der Waals surface area (Å²) in [6.45, 7) is 9.56. The highest BCUT2D eigenvalue weighted by Gasteiger charge is 2.32. The molecule has 1 N–H and O–H groups in total. The van der Waals surface area contributed by atoms with Crippen LogP contribution in [0.2, 0.25) is 5.02 Å². The van der Waals surface area contributed by atoms with E-state index < -0.39 is 18.0 Å². The van der Waals surface area contributed by atoms with Crippen molar-refractivity contribution in [1.82, 2.24) is 5.32 Å². The number of hydrogen-bond donors (Lipinski definition) is 1. The first-order valence-electron chi connectivity index (χ1n) is 7.39. The number of halogens is 4. The number of carbonyl (C=O) groups excluding carboxylic acids is 1. The average Bonchev–Trinajstić information content (AvgIpc) is 2.42. The lowest BCUT2D eigenvalue weighted by Crippen LogP contribution is -2.30. The number of alkyl halides is 3.